The van der Waals surface area contributed by atoms with Crippen molar-refractivity contribution in [3.8, 4) is 0 Å². The molecule has 2 aromatic carbocycles. The molecule has 1 fully saturated rings. The Bertz CT molecular complexity index is 1550. The van der Waals surface area contributed by atoms with E-state index in [-0.39, 0.29) is 16.0 Å². The van der Waals surface area contributed by atoms with Gasteiger partial charge >= 0.3 is 6.03 Å². The number of carbonyl (C=O) groups is 3. The number of nitrogens with zero attached hydrogens (tertiary/aromatic N) is 2. The lowest BCUT2D eigenvalue weighted by Crippen LogP contribution is -2.39. The van der Waals surface area contributed by atoms with E-state index in [1.165, 1.54) is 45.5 Å². The highest BCUT2D eigenvalue weighted by Crippen LogP contribution is 2.38. The van der Waals surface area contributed by atoms with E-state index < -0.39 is 27.9 Å². The van der Waals surface area contributed by atoms with Crippen LogP contribution in [0.15, 0.2) is 59.5 Å². The van der Waals surface area contributed by atoms with Gasteiger partial charge in [-0.3, -0.25) is 19.8 Å². The van der Waals surface area contributed by atoms with Crippen LogP contribution >= 0.6 is 11.3 Å². The van der Waals surface area contributed by atoms with Crippen LogP contribution in [0.5, 0.6) is 0 Å². The normalized spacial score (nSPS) is 17.9. The molecule has 0 aliphatic carbocycles. The summed E-state index contributed by atoms with van der Waals surface area (Å²) >= 11 is 1.29. The summed E-state index contributed by atoms with van der Waals surface area (Å²) in [5, 5.41) is 5.27. The molecule has 1 saturated heterocycles. The van der Waals surface area contributed by atoms with Crippen LogP contribution in [-0.4, -0.2) is 55.1 Å². The van der Waals surface area contributed by atoms with Gasteiger partial charge in [0.15, 0.2) is 0 Å². The quantitative estimate of drug-likeness (QED) is 0.380. The van der Waals surface area contributed by atoms with Crippen molar-refractivity contribution in [3.63, 3.8) is 0 Å². The van der Waals surface area contributed by atoms with Gasteiger partial charge in [0.2, 0.25) is 10.0 Å². The number of piperidine rings is 1. The number of hydrogen-bond donors (Lipinski definition) is 3. The third-order valence-corrected chi connectivity index (χ3v) is 10.5. The Kier molecular flexibility index (Phi) is 8.55. The van der Waals surface area contributed by atoms with Crippen molar-refractivity contribution in [1.82, 2.24) is 14.5 Å². The zero-order valence-corrected chi connectivity index (χ0v) is 24.4. The van der Waals surface area contributed by atoms with E-state index in [1.807, 2.05) is 25.1 Å². The molecule has 1 aromatic heterocycles. The van der Waals surface area contributed by atoms with Gasteiger partial charge in [0.25, 0.3) is 11.8 Å². The molecule has 10 nitrogen and oxygen atoms in total. The van der Waals surface area contributed by atoms with E-state index in [0.717, 1.165) is 29.8 Å². The summed E-state index contributed by atoms with van der Waals surface area (Å²) in [4.78, 5) is 41.0. The molecule has 0 radical (unpaired) electrons. The van der Waals surface area contributed by atoms with Gasteiger partial charge in [-0.25, -0.2) is 13.2 Å². The van der Waals surface area contributed by atoms with Gasteiger partial charge in [-0.15, -0.1) is 11.3 Å². The number of hydrogen-bond acceptors (Lipinski definition) is 7. The summed E-state index contributed by atoms with van der Waals surface area (Å²) in [6.45, 7) is 5.03. The third-order valence-electron chi connectivity index (χ3n) is 7.45. The molecule has 1 atom stereocenters. The number of fused-ring (bicyclic) bond motifs is 1. The highest BCUT2D eigenvalue weighted by atomic mass is 32.2. The fourth-order valence-electron chi connectivity index (χ4n) is 5.40. The van der Waals surface area contributed by atoms with E-state index >= 15 is 0 Å². The fourth-order valence-corrected chi connectivity index (χ4v) is 8.28. The Labute approximate surface area is 243 Å². The Morgan fingerprint density at radius 2 is 1.76 bits per heavy atom. The average Bonchev–Trinajstić information content (AvgIpc) is 3.30. The van der Waals surface area contributed by atoms with E-state index in [1.54, 1.807) is 0 Å². The molecule has 4 N–H and O–H groups in total. The average molecular weight is 596 g/mol. The zero-order valence-electron chi connectivity index (χ0n) is 22.8. The van der Waals surface area contributed by atoms with Crippen LogP contribution < -0.4 is 16.4 Å². The third kappa shape index (κ3) is 6.51. The summed E-state index contributed by atoms with van der Waals surface area (Å²) in [6, 6.07) is 14.9. The number of primary amides is 1. The molecular formula is C29H33N5O5S2. The number of imide groups is 1. The molecular weight excluding hydrogens is 562 g/mol. The van der Waals surface area contributed by atoms with Crippen molar-refractivity contribution in [2.24, 2.45) is 11.7 Å². The Balaban J connectivity index is 1.36. The Morgan fingerprint density at radius 3 is 2.44 bits per heavy atom. The largest absolute Gasteiger partial charge is 0.351 e. The minimum atomic E-state index is -3.65. The summed E-state index contributed by atoms with van der Waals surface area (Å²) < 4.78 is 27.7. The summed E-state index contributed by atoms with van der Waals surface area (Å²) in [5.74, 6) is -0.862. The molecule has 12 heteroatoms. The molecule has 3 heterocycles. The number of amides is 4. The van der Waals surface area contributed by atoms with Crippen LogP contribution in [0.1, 0.15) is 56.5 Å². The van der Waals surface area contributed by atoms with Crippen molar-refractivity contribution in [1.29, 1.82) is 0 Å². The van der Waals surface area contributed by atoms with Crippen molar-refractivity contribution in [2.75, 3.05) is 25.0 Å². The highest BCUT2D eigenvalue weighted by molar-refractivity contribution is 7.89. The first-order valence-corrected chi connectivity index (χ1v) is 15.8. The molecule has 41 heavy (non-hydrogen) atoms. The maximum atomic E-state index is 13.2. The zero-order chi connectivity index (χ0) is 29.1. The molecule has 3 aromatic rings. The fraction of sp³-hybridized carbons (Fsp3) is 0.345. The van der Waals surface area contributed by atoms with Gasteiger partial charge in [-0.1, -0.05) is 37.3 Å². The lowest BCUT2D eigenvalue weighted by Gasteiger charge is -2.30. The molecule has 216 valence electrons. The minimum Gasteiger partial charge on any atom is -0.351 e. The number of thiophene rings is 1. The number of nitrogens with one attached hydrogen (secondary N) is 2. The second-order valence-corrected chi connectivity index (χ2v) is 13.6. The summed E-state index contributed by atoms with van der Waals surface area (Å²) in [7, 11) is -3.65. The van der Waals surface area contributed by atoms with E-state index in [2.05, 4.69) is 27.7 Å². The molecule has 5 rings (SSSR count). The second-order valence-electron chi connectivity index (χ2n) is 10.6. The van der Waals surface area contributed by atoms with Gasteiger partial charge in [0.1, 0.15) is 5.00 Å². The number of carbonyl (C=O) groups excluding carboxylic acids is 3. The molecule has 1 unspecified atom stereocenters. The smallest absolute Gasteiger partial charge is 0.319 e. The first-order valence-electron chi connectivity index (χ1n) is 13.5. The van der Waals surface area contributed by atoms with Gasteiger partial charge in [0, 0.05) is 43.2 Å². The Morgan fingerprint density at radius 1 is 1.02 bits per heavy atom. The molecule has 0 bridgehead atoms. The molecule has 2 aliphatic rings. The molecule has 0 saturated carbocycles. The van der Waals surface area contributed by atoms with Crippen LogP contribution in [0, 0.1) is 5.92 Å². The van der Waals surface area contributed by atoms with Crippen LogP contribution in [0.25, 0.3) is 0 Å². The van der Waals surface area contributed by atoms with Crippen LogP contribution in [0.3, 0.4) is 0 Å². The maximum Gasteiger partial charge on any atom is 0.319 e. The van der Waals surface area contributed by atoms with Gasteiger partial charge in [0.05, 0.1) is 10.5 Å². The predicted octanol–water partition coefficient (Wildman–Crippen LogP) is 3.79. The second kappa shape index (κ2) is 12.1. The van der Waals surface area contributed by atoms with Gasteiger partial charge < -0.3 is 11.1 Å². The SMILES string of the molecule is CC1CCCN(S(=O)(=O)c2ccc(C(=O)Nc3sc4c(c3C(=O)NC(N)=O)CCN(Cc3ccccc3)C4)cc2)C1. The highest BCUT2D eigenvalue weighted by Gasteiger charge is 2.31. The predicted molar refractivity (Wildman–Crippen MR) is 157 cm³/mol. The molecule has 2 aliphatic heterocycles. The van der Waals surface area contributed by atoms with Crippen LogP contribution in [-0.2, 0) is 29.5 Å². The molecule has 4 amide bonds. The number of nitrogens with two attached hydrogens (primary N) is 1. The van der Waals surface area contributed by atoms with E-state index in [9.17, 15) is 22.8 Å². The van der Waals surface area contributed by atoms with Crippen molar-refractivity contribution < 1.29 is 22.8 Å². The maximum absolute atomic E-state index is 13.2. The van der Waals surface area contributed by atoms with Gasteiger partial charge in [-0.05, 0) is 60.6 Å². The Hall–Kier alpha value is -3.58. The van der Waals surface area contributed by atoms with E-state index in [0.29, 0.717) is 43.5 Å². The van der Waals surface area contributed by atoms with E-state index in [4.69, 9.17) is 5.73 Å². The number of urea groups is 1. The van der Waals surface area contributed by atoms with Crippen molar-refractivity contribution >= 4 is 44.2 Å². The number of sulfonamides is 1. The van der Waals surface area contributed by atoms with Gasteiger partial charge in [-0.2, -0.15) is 4.31 Å². The van der Waals surface area contributed by atoms with Crippen molar-refractivity contribution in [3.05, 3.63) is 81.7 Å². The lowest BCUT2D eigenvalue weighted by atomic mass is 10.0. The first-order chi connectivity index (χ1) is 19.6. The van der Waals surface area contributed by atoms with Crippen molar-refractivity contribution in [2.45, 2.75) is 44.2 Å². The summed E-state index contributed by atoms with van der Waals surface area (Å²) in [5.41, 5.74) is 7.65. The lowest BCUT2D eigenvalue weighted by molar-refractivity contribution is 0.0965. The topological polar surface area (TPSA) is 142 Å². The molecule has 0 spiro atoms. The first kappa shape index (κ1) is 28.9. The number of anilines is 1. The number of benzene rings is 2. The minimum absolute atomic E-state index is 0.134. The standard InChI is InChI=1S/C29H33N5O5S2/c1-19-6-5-14-34(16-19)41(38,39)22-11-9-21(10-12-22)26(35)31-28-25(27(36)32-29(30)37)23-13-15-33(18-24(23)40-28)17-20-7-3-2-4-8-20/h2-4,7-12,19H,5-6,13-18H2,1H3,(H,31,35)(H3,30,32,36,37). The van der Waals surface area contributed by atoms with Crippen LogP contribution in [0.4, 0.5) is 9.80 Å². The van der Waals surface area contributed by atoms with Crippen LogP contribution in [0.2, 0.25) is 0 Å². The number of rotatable bonds is 7. The monoisotopic (exact) mass is 595 g/mol. The summed E-state index contributed by atoms with van der Waals surface area (Å²) in [6.07, 6.45) is 2.39.